The van der Waals surface area contributed by atoms with E-state index >= 15 is 0 Å². The third kappa shape index (κ3) is 2.72. The standard InChI is InChI=1S/C18H17NS/c1-19-13-15-8-3-5-11-17(15)20-18-12-6-9-14-7-2-4-10-16(14)18/h2-12,19H,13H2,1H3/p+1. The van der Waals surface area contributed by atoms with Crippen LogP contribution in [0.4, 0.5) is 0 Å². The molecule has 0 saturated carbocycles. The minimum Gasteiger partial charge on any atom is -0.345 e. The first-order valence-electron chi connectivity index (χ1n) is 6.90. The number of hydrogen-bond donors (Lipinski definition) is 1. The van der Waals surface area contributed by atoms with E-state index in [1.807, 2.05) is 11.8 Å². The van der Waals surface area contributed by atoms with Crippen LogP contribution >= 0.6 is 11.8 Å². The minimum atomic E-state index is 1.02. The zero-order valence-corrected chi connectivity index (χ0v) is 12.4. The Morgan fingerprint density at radius 1 is 0.800 bits per heavy atom. The predicted octanol–water partition coefficient (Wildman–Crippen LogP) is 3.68. The smallest absolute Gasteiger partial charge is 0.102 e. The van der Waals surface area contributed by atoms with E-state index in [1.54, 1.807) is 0 Å². The van der Waals surface area contributed by atoms with Gasteiger partial charge in [0, 0.05) is 15.4 Å². The average Bonchev–Trinajstić information content (AvgIpc) is 2.50. The molecule has 100 valence electrons. The van der Waals surface area contributed by atoms with Crippen molar-refractivity contribution in [2.24, 2.45) is 0 Å². The molecule has 1 nitrogen and oxygen atoms in total. The van der Waals surface area contributed by atoms with Gasteiger partial charge in [-0.1, -0.05) is 66.4 Å². The molecule has 0 heterocycles. The highest BCUT2D eigenvalue weighted by Crippen LogP contribution is 2.34. The molecule has 2 N–H and O–H groups in total. The predicted molar refractivity (Wildman–Crippen MR) is 86.1 cm³/mol. The van der Waals surface area contributed by atoms with Gasteiger partial charge in [0.05, 0.1) is 7.05 Å². The lowest BCUT2D eigenvalue weighted by molar-refractivity contribution is -0.643. The number of hydrogen-bond acceptors (Lipinski definition) is 1. The average molecular weight is 280 g/mol. The van der Waals surface area contributed by atoms with Crippen LogP contribution in [0.3, 0.4) is 0 Å². The van der Waals surface area contributed by atoms with Gasteiger partial charge >= 0.3 is 0 Å². The van der Waals surface area contributed by atoms with Crippen LogP contribution in [0.2, 0.25) is 0 Å². The molecular weight excluding hydrogens is 262 g/mol. The maximum atomic E-state index is 2.22. The number of rotatable bonds is 4. The van der Waals surface area contributed by atoms with Crippen LogP contribution < -0.4 is 5.32 Å². The molecular formula is C18H18NS+. The molecule has 0 atom stereocenters. The minimum absolute atomic E-state index is 1.02. The highest BCUT2D eigenvalue weighted by Gasteiger charge is 2.07. The van der Waals surface area contributed by atoms with Gasteiger partial charge < -0.3 is 5.32 Å². The Hall–Kier alpha value is -1.77. The molecule has 0 aliphatic heterocycles. The van der Waals surface area contributed by atoms with E-state index in [0.717, 1.165) is 6.54 Å². The van der Waals surface area contributed by atoms with Gasteiger partial charge in [-0.25, -0.2) is 0 Å². The molecule has 0 fully saturated rings. The summed E-state index contributed by atoms with van der Waals surface area (Å²) in [7, 11) is 2.11. The molecule has 0 amide bonds. The second-order valence-corrected chi connectivity index (χ2v) is 5.88. The van der Waals surface area contributed by atoms with Crippen molar-refractivity contribution in [3.8, 4) is 0 Å². The Balaban J connectivity index is 2.01. The Morgan fingerprint density at radius 2 is 1.50 bits per heavy atom. The third-order valence-corrected chi connectivity index (χ3v) is 4.56. The molecule has 0 radical (unpaired) electrons. The Kier molecular flexibility index (Phi) is 4.05. The van der Waals surface area contributed by atoms with Crippen LogP contribution in [0.1, 0.15) is 5.56 Å². The summed E-state index contributed by atoms with van der Waals surface area (Å²) in [6.45, 7) is 1.02. The fourth-order valence-corrected chi connectivity index (χ4v) is 3.50. The third-order valence-electron chi connectivity index (χ3n) is 3.37. The molecule has 0 unspecified atom stereocenters. The number of benzene rings is 3. The van der Waals surface area contributed by atoms with Crippen LogP contribution in [0.5, 0.6) is 0 Å². The normalized spacial score (nSPS) is 10.8. The fraction of sp³-hybridized carbons (Fsp3) is 0.111. The highest BCUT2D eigenvalue weighted by molar-refractivity contribution is 7.99. The molecule has 3 aromatic carbocycles. The van der Waals surface area contributed by atoms with E-state index in [-0.39, 0.29) is 0 Å². The van der Waals surface area contributed by atoms with Crippen molar-refractivity contribution in [3.05, 3.63) is 72.3 Å². The van der Waals surface area contributed by atoms with E-state index < -0.39 is 0 Å². The first kappa shape index (κ1) is 13.2. The zero-order valence-electron chi connectivity index (χ0n) is 11.5. The lowest BCUT2D eigenvalue weighted by atomic mass is 10.1. The second kappa shape index (κ2) is 6.12. The van der Waals surface area contributed by atoms with Crippen molar-refractivity contribution < 1.29 is 5.32 Å². The van der Waals surface area contributed by atoms with Gasteiger partial charge in [0.25, 0.3) is 0 Å². The van der Waals surface area contributed by atoms with Crippen molar-refractivity contribution in [2.75, 3.05) is 7.05 Å². The van der Waals surface area contributed by atoms with Crippen molar-refractivity contribution in [1.29, 1.82) is 0 Å². The number of fused-ring (bicyclic) bond motifs is 1. The molecule has 2 heteroatoms. The summed E-state index contributed by atoms with van der Waals surface area (Å²) in [5, 5.41) is 4.84. The van der Waals surface area contributed by atoms with Gasteiger partial charge in [0.15, 0.2) is 0 Å². The van der Waals surface area contributed by atoms with Crippen molar-refractivity contribution in [3.63, 3.8) is 0 Å². The van der Waals surface area contributed by atoms with Gasteiger partial charge in [-0.2, -0.15) is 0 Å². The Morgan fingerprint density at radius 3 is 2.40 bits per heavy atom. The summed E-state index contributed by atoms with van der Waals surface area (Å²) in [6.07, 6.45) is 0. The Labute approximate surface area is 124 Å². The van der Waals surface area contributed by atoms with Crippen LogP contribution in [-0.4, -0.2) is 7.05 Å². The lowest BCUT2D eigenvalue weighted by Crippen LogP contribution is -2.77. The first-order valence-corrected chi connectivity index (χ1v) is 7.71. The molecule has 3 rings (SSSR count). The molecule has 0 spiro atoms. The van der Waals surface area contributed by atoms with Crippen LogP contribution in [0.15, 0.2) is 76.5 Å². The molecule has 3 aromatic rings. The topological polar surface area (TPSA) is 16.6 Å². The summed E-state index contributed by atoms with van der Waals surface area (Å²) in [4.78, 5) is 2.67. The van der Waals surface area contributed by atoms with Crippen LogP contribution in [0, 0.1) is 0 Å². The van der Waals surface area contributed by atoms with Crippen molar-refractivity contribution in [2.45, 2.75) is 16.3 Å². The second-order valence-electron chi connectivity index (χ2n) is 4.80. The van der Waals surface area contributed by atoms with Crippen molar-refractivity contribution >= 4 is 22.5 Å². The van der Waals surface area contributed by atoms with E-state index in [0.29, 0.717) is 0 Å². The molecule has 0 aliphatic carbocycles. The van der Waals surface area contributed by atoms with E-state index in [9.17, 15) is 0 Å². The molecule has 0 saturated heterocycles. The molecule has 0 bridgehead atoms. The Bertz CT molecular complexity index is 716. The summed E-state index contributed by atoms with van der Waals surface area (Å²) < 4.78 is 0. The SMILES string of the molecule is C[NH2+]Cc1ccccc1Sc1cccc2ccccc12. The van der Waals surface area contributed by atoms with Crippen LogP contribution in [0.25, 0.3) is 10.8 Å². The first-order chi connectivity index (χ1) is 9.88. The quantitative estimate of drug-likeness (QED) is 0.771. The molecule has 0 aromatic heterocycles. The number of nitrogens with two attached hydrogens (primary N) is 1. The summed E-state index contributed by atoms with van der Waals surface area (Å²) >= 11 is 1.86. The van der Waals surface area contributed by atoms with Gasteiger partial charge in [-0.3, -0.25) is 0 Å². The molecule has 20 heavy (non-hydrogen) atoms. The summed E-state index contributed by atoms with van der Waals surface area (Å²) in [5.74, 6) is 0. The lowest BCUT2D eigenvalue weighted by Gasteiger charge is -2.09. The summed E-state index contributed by atoms with van der Waals surface area (Å²) in [6, 6.07) is 23.8. The maximum Gasteiger partial charge on any atom is 0.102 e. The maximum absolute atomic E-state index is 2.22. The summed E-state index contributed by atoms with van der Waals surface area (Å²) in [5.41, 5.74) is 1.40. The van der Waals surface area contributed by atoms with Gasteiger partial charge in [-0.05, 0) is 22.9 Å². The van der Waals surface area contributed by atoms with Gasteiger partial charge in [-0.15, -0.1) is 0 Å². The van der Waals surface area contributed by atoms with Crippen molar-refractivity contribution in [1.82, 2.24) is 0 Å². The molecule has 0 aliphatic rings. The monoisotopic (exact) mass is 280 g/mol. The largest absolute Gasteiger partial charge is 0.345 e. The van der Waals surface area contributed by atoms with E-state index in [4.69, 9.17) is 0 Å². The van der Waals surface area contributed by atoms with Gasteiger partial charge in [0.1, 0.15) is 6.54 Å². The highest BCUT2D eigenvalue weighted by atomic mass is 32.2. The van der Waals surface area contributed by atoms with E-state index in [2.05, 4.69) is 79.1 Å². The fourth-order valence-electron chi connectivity index (χ4n) is 2.40. The zero-order chi connectivity index (χ0) is 13.8. The van der Waals surface area contributed by atoms with E-state index in [1.165, 1.54) is 26.1 Å². The van der Waals surface area contributed by atoms with Crippen LogP contribution in [-0.2, 0) is 6.54 Å². The van der Waals surface area contributed by atoms with Gasteiger partial charge in [0.2, 0.25) is 0 Å². The number of quaternary nitrogens is 1.